The third-order valence-electron chi connectivity index (χ3n) is 5.21. The lowest BCUT2D eigenvalue weighted by Crippen LogP contribution is -2.50. The first-order valence-electron chi connectivity index (χ1n) is 10.8. The van der Waals surface area contributed by atoms with Crippen molar-refractivity contribution >= 4 is 40.7 Å². The van der Waals surface area contributed by atoms with Crippen molar-refractivity contribution in [1.82, 2.24) is 9.80 Å². The van der Waals surface area contributed by atoms with E-state index < -0.39 is 0 Å². The molecule has 2 amide bonds. The largest absolute Gasteiger partial charge is 0.493 e. The number of hydrogen-bond acceptors (Lipinski definition) is 5. The highest BCUT2D eigenvalue weighted by Crippen LogP contribution is 2.37. The summed E-state index contributed by atoms with van der Waals surface area (Å²) in [7, 11) is 1.52. The third-order valence-corrected chi connectivity index (χ3v) is 5.82. The van der Waals surface area contributed by atoms with Crippen LogP contribution < -0.4 is 14.8 Å². The fourth-order valence-electron chi connectivity index (χ4n) is 3.48. The zero-order chi connectivity index (χ0) is 24.0. The van der Waals surface area contributed by atoms with Crippen LogP contribution >= 0.6 is 23.2 Å². The molecule has 9 heteroatoms. The average molecular weight is 494 g/mol. The summed E-state index contributed by atoms with van der Waals surface area (Å²) in [6.07, 6.45) is 0. The van der Waals surface area contributed by atoms with E-state index in [9.17, 15) is 9.59 Å². The zero-order valence-corrected chi connectivity index (χ0v) is 20.6. The zero-order valence-electron chi connectivity index (χ0n) is 19.1. The number of methoxy groups -OCH3 is 1. The van der Waals surface area contributed by atoms with Crippen molar-refractivity contribution < 1.29 is 19.1 Å². The molecule has 3 rings (SSSR count). The van der Waals surface area contributed by atoms with Crippen molar-refractivity contribution in [3.63, 3.8) is 0 Å². The molecule has 0 saturated carbocycles. The minimum atomic E-state index is -0.142. The molecule has 2 aromatic carbocycles. The van der Waals surface area contributed by atoms with Gasteiger partial charge in [-0.2, -0.15) is 0 Å². The van der Waals surface area contributed by atoms with Crippen LogP contribution in [0.2, 0.25) is 10.0 Å². The molecule has 1 heterocycles. The molecule has 0 bridgehead atoms. The van der Waals surface area contributed by atoms with E-state index in [-0.39, 0.29) is 18.4 Å². The van der Waals surface area contributed by atoms with Crippen molar-refractivity contribution in [2.24, 2.45) is 5.92 Å². The van der Waals surface area contributed by atoms with Gasteiger partial charge in [0.15, 0.2) is 11.5 Å². The standard InChI is InChI=1S/C24H29Cl2N3O4/c1-16(2)15-33-23-19(26)12-17(13-21(23)32-3)24(31)29-10-8-28(9-11-29)14-22(30)27-20-7-5-4-6-18(20)25/h4-7,12-13,16H,8-11,14-15H2,1-3H3,(H,27,30). The molecule has 0 radical (unpaired) electrons. The van der Waals surface area contributed by atoms with Gasteiger partial charge in [0.1, 0.15) is 0 Å². The van der Waals surface area contributed by atoms with Crippen molar-refractivity contribution in [1.29, 1.82) is 0 Å². The van der Waals surface area contributed by atoms with E-state index in [2.05, 4.69) is 5.32 Å². The summed E-state index contributed by atoms with van der Waals surface area (Å²) in [5.74, 6) is 0.928. The number of piperazine rings is 1. The number of nitrogens with zero attached hydrogens (tertiary/aromatic N) is 2. The second-order valence-electron chi connectivity index (χ2n) is 8.29. The lowest BCUT2D eigenvalue weighted by Gasteiger charge is -2.34. The summed E-state index contributed by atoms with van der Waals surface area (Å²) in [5.41, 5.74) is 1.03. The van der Waals surface area contributed by atoms with Crippen LogP contribution in [0.1, 0.15) is 24.2 Å². The van der Waals surface area contributed by atoms with E-state index in [1.807, 2.05) is 30.9 Å². The van der Waals surface area contributed by atoms with Gasteiger partial charge in [-0.15, -0.1) is 0 Å². The minimum absolute atomic E-state index is 0.134. The number of ether oxygens (including phenoxy) is 2. The number of para-hydroxylation sites is 1. The predicted molar refractivity (Wildman–Crippen MR) is 131 cm³/mol. The highest BCUT2D eigenvalue weighted by Gasteiger charge is 2.25. The fourth-order valence-corrected chi connectivity index (χ4v) is 3.93. The molecule has 1 aliphatic rings. The second-order valence-corrected chi connectivity index (χ2v) is 9.11. The maximum Gasteiger partial charge on any atom is 0.254 e. The van der Waals surface area contributed by atoms with Gasteiger partial charge in [0.2, 0.25) is 5.91 Å². The van der Waals surface area contributed by atoms with Crippen molar-refractivity contribution in [3.05, 3.63) is 52.0 Å². The molecule has 0 aliphatic carbocycles. The number of hydrogen-bond donors (Lipinski definition) is 1. The number of carbonyl (C=O) groups is 2. The third kappa shape index (κ3) is 6.76. The number of halogens is 2. The van der Waals surface area contributed by atoms with Crippen molar-refractivity contribution in [2.75, 3.05) is 51.8 Å². The molecule has 33 heavy (non-hydrogen) atoms. The van der Waals surface area contributed by atoms with Gasteiger partial charge in [0, 0.05) is 31.7 Å². The van der Waals surface area contributed by atoms with Gasteiger partial charge < -0.3 is 19.7 Å². The molecule has 0 atom stereocenters. The number of rotatable bonds is 8. The molecule has 2 aromatic rings. The van der Waals surface area contributed by atoms with E-state index in [0.717, 1.165) is 0 Å². The fraction of sp³-hybridized carbons (Fsp3) is 0.417. The first-order chi connectivity index (χ1) is 15.8. The first-order valence-corrected chi connectivity index (χ1v) is 11.6. The Kier molecular flexibility index (Phi) is 8.83. The SMILES string of the molecule is COc1cc(C(=O)N2CCN(CC(=O)Nc3ccccc3Cl)CC2)cc(Cl)c1OCC(C)C. The summed E-state index contributed by atoms with van der Waals surface area (Å²) in [6, 6.07) is 10.4. The van der Waals surface area contributed by atoms with Crippen LogP contribution in [0.3, 0.4) is 0 Å². The smallest absolute Gasteiger partial charge is 0.254 e. The van der Waals surface area contributed by atoms with E-state index in [1.165, 1.54) is 7.11 Å². The molecule has 1 saturated heterocycles. The van der Waals surface area contributed by atoms with Gasteiger partial charge in [-0.3, -0.25) is 14.5 Å². The van der Waals surface area contributed by atoms with E-state index in [0.29, 0.717) is 71.5 Å². The molecule has 7 nitrogen and oxygen atoms in total. The lowest BCUT2D eigenvalue weighted by atomic mass is 10.1. The van der Waals surface area contributed by atoms with Crippen LogP contribution in [0, 0.1) is 5.92 Å². The molecule has 178 valence electrons. The van der Waals surface area contributed by atoms with Gasteiger partial charge in [-0.05, 0) is 30.2 Å². The second kappa shape index (κ2) is 11.6. The monoisotopic (exact) mass is 493 g/mol. The Morgan fingerprint density at radius 2 is 1.76 bits per heavy atom. The van der Waals surface area contributed by atoms with Crippen LogP contribution in [0.4, 0.5) is 5.69 Å². The molecular weight excluding hydrogens is 465 g/mol. The highest BCUT2D eigenvalue weighted by atomic mass is 35.5. The Hall–Kier alpha value is -2.48. The summed E-state index contributed by atoms with van der Waals surface area (Å²) in [6.45, 7) is 6.98. The summed E-state index contributed by atoms with van der Waals surface area (Å²) in [5, 5.41) is 3.66. The Labute approximate surface area is 204 Å². The molecule has 0 aromatic heterocycles. The van der Waals surface area contributed by atoms with E-state index in [4.69, 9.17) is 32.7 Å². The van der Waals surface area contributed by atoms with Gasteiger partial charge in [-0.1, -0.05) is 49.2 Å². The maximum absolute atomic E-state index is 13.1. The van der Waals surface area contributed by atoms with Gasteiger partial charge in [-0.25, -0.2) is 0 Å². The normalized spacial score (nSPS) is 14.3. The van der Waals surface area contributed by atoms with Crippen molar-refractivity contribution in [2.45, 2.75) is 13.8 Å². The van der Waals surface area contributed by atoms with Crippen LogP contribution in [-0.4, -0.2) is 68.1 Å². The Bertz CT molecular complexity index is 992. The minimum Gasteiger partial charge on any atom is -0.493 e. The topological polar surface area (TPSA) is 71.1 Å². The molecule has 0 spiro atoms. The molecule has 1 N–H and O–H groups in total. The first kappa shape index (κ1) is 25.1. The number of amides is 2. The number of nitrogens with one attached hydrogen (secondary N) is 1. The number of carbonyl (C=O) groups excluding carboxylic acids is 2. The Morgan fingerprint density at radius 1 is 1.06 bits per heavy atom. The van der Waals surface area contributed by atoms with Crippen molar-refractivity contribution in [3.8, 4) is 11.5 Å². The van der Waals surface area contributed by atoms with Crippen LogP contribution in [0.15, 0.2) is 36.4 Å². The van der Waals surface area contributed by atoms with Gasteiger partial charge in [0.25, 0.3) is 5.91 Å². The molecule has 1 fully saturated rings. The van der Waals surface area contributed by atoms with Crippen LogP contribution in [0.5, 0.6) is 11.5 Å². The predicted octanol–water partition coefficient (Wildman–Crippen LogP) is 4.43. The summed E-state index contributed by atoms with van der Waals surface area (Å²) >= 11 is 12.5. The summed E-state index contributed by atoms with van der Waals surface area (Å²) < 4.78 is 11.2. The average Bonchev–Trinajstić information content (AvgIpc) is 2.79. The Morgan fingerprint density at radius 3 is 2.39 bits per heavy atom. The Balaban J connectivity index is 1.57. The summed E-state index contributed by atoms with van der Waals surface area (Å²) in [4.78, 5) is 29.2. The van der Waals surface area contributed by atoms with Gasteiger partial charge in [0.05, 0.1) is 36.0 Å². The lowest BCUT2D eigenvalue weighted by molar-refractivity contribution is -0.117. The highest BCUT2D eigenvalue weighted by molar-refractivity contribution is 6.33. The molecule has 1 aliphatic heterocycles. The quantitative estimate of drug-likeness (QED) is 0.588. The number of benzene rings is 2. The maximum atomic E-state index is 13.1. The van der Waals surface area contributed by atoms with E-state index in [1.54, 1.807) is 29.2 Å². The van der Waals surface area contributed by atoms with Crippen LogP contribution in [-0.2, 0) is 4.79 Å². The van der Waals surface area contributed by atoms with Crippen LogP contribution in [0.25, 0.3) is 0 Å². The molecule has 0 unspecified atom stereocenters. The van der Waals surface area contributed by atoms with E-state index >= 15 is 0 Å². The molecular formula is C24H29Cl2N3O4. The number of anilines is 1. The van der Waals surface area contributed by atoms with Gasteiger partial charge >= 0.3 is 0 Å².